The molecular formula is C15H33N3O. The van der Waals surface area contributed by atoms with E-state index >= 15 is 0 Å². The summed E-state index contributed by atoms with van der Waals surface area (Å²) in [5.74, 6) is 0.738. The number of hydrogen-bond donors (Lipinski definition) is 2. The largest absolute Gasteiger partial charge is 0.352 e. The van der Waals surface area contributed by atoms with Crippen molar-refractivity contribution in [3.05, 3.63) is 0 Å². The first-order valence-corrected chi connectivity index (χ1v) is 7.29. The molecule has 0 saturated heterocycles. The number of carbonyl (C=O) groups is 1. The first-order chi connectivity index (χ1) is 8.60. The lowest BCUT2D eigenvalue weighted by atomic mass is 10.0. The van der Waals surface area contributed by atoms with Crippen LogP contribution in [0.4, 0.5) is 0 Å². The minimum absolute atomic E-state index is 0.0707. The zero-order valence-electron chi connectivity index (χ0n) is 13.8. The molecule has 0 aromatic carbocycles. The smallest absolute Gasteiger partial charge is 0.221 e. The van der Waals surface area contributed by atoms with Gasteiger partial charge >= 0.3 is 0 Å². The number of rotatable bonds is 8. The summed E-state index contributed by atoms with van der Waals surface area (Å²) in [6, 6.07) is 0.247. The number of likely N-dealkylation sites (N-methyl/N-ethyl adjacent to an activating group) is 1. The van der Waals surface area contributed by atoms with E-state index < -0.39 is 0 Å². The molecule has 0 aliphatic heterocycles. The lowest BCUT2D eigenvalue weighted by Gasteiger charge is -2.25. The lowest BCUT2D eigenvalue weighted by Crippen LogP contribution is -2.44. The van der Waals surface area contributed by atoms with E-state index in [1.54, 1.807) is 0 Å². The quantitative estimate of drug-likeness (QED) is 0.708. The molecule has 0 heterocycles. The number of nitrogens with one attached hydrogen (secondary N) is 2. The Morgan fingerprint density at radius 1 is 1.21 bits per heavy atom. The molecular weight excluding hydrogens is 238 g/mol. The van der Waals surface area contributed by atoms with Crippen molar-refractivity contribution >= 4 is 5.91 Å². The zero-order chi connectivity index (χ0) is 15.1. The molecule has 4 nitrogen and oxygen atoms in total. The van der Waals surface area contributed by atoms with Crippen molar-refractivity contribution in [1.82, 2.24) is 15.5 Å². The number of amides is 1. The van der Waals surface area contributed by atoms with Gasteiger partial charge in [0.1, 0.15) is 0 Å². The van der Waals surface area contributed by atoms with Gasteiger partial charge in [-0.25, -0.2) is 0 Å². The van der Waals surface area contributed by atoms with Gasteiger partial charge in [-0.1, -0.05) is 13.8 Å². The molecule has 1 amide bonds. The number of hydrogen-bond acceptors (Lipinski definition) is 3. The van der Waals surface area contributed by atoms with Crippen LogP contribution >= 0.6 is 0 Å². The molecule has 0 aromatic rings. The Morgan fingerprint density at radius 2 is 1.79 bits per heavy atom. The third kappa shape index (κ3) is 12.2. The van der Waals surface area contributed by atoms with E-state index in [1.807, 2.05) is 14.1 Å². The fraction of sp³-hybridized carbons (Fsp3) is 0.933. The molecule has 2 N–H and O–H groups in total. The average Bonchev–Trinajstić information content (AvgIpc) is 2.12. The van der Waals surface area contributed by atoms with Gasteiger partial charge in [-0.2, -0.15) is 0 Å². The Labute approximate surface area is 119 Å². The van der Waals surface area contributed by atoms with Crippen molar-refractivity contribution in [2.75, 3.05) is 27.2 Å². The van der Waals surface area contributed by atoms with Gasteiger partial charge in [0, 0.05) is 31.1 Å². The van der Waals surface area contributed by atoms with Crippen LogP contribution in [-0.2, 0) is 4.79 Å². The van der Waals surface area contributed by atoms with Crippen molar-refractivity contribution in [2.24, 2.45) is 5.92 Å². The van der Waals surface area contributed by atoms with Crippen molar-refractivity contribution in [3.63, 3.8) is 0 Å². The summed E-state index contributed by atoms with van der Waals surface area (Å²) in [4.78, 5) is 14.1. The van der Waals surface area contributed by atoms with Gasteiger partial charge < -0.3 is 15.5 Å². The van der Waals surface area contributed by atoms with E-state index in [0.29, 0.717) is 12.3 Å². The molecule has 0 aliphatic rings. The van der Waals surface area contributed by atoms with Gasteiger partial charge in [-0.3, -0.25) is 4.79 Å². The molecule has 0 aromatic heterocycles. The molecule has 114 valence electrons. The fourth-order valence-corrected chi connectivity index (χ4v) is 2.04. The second kappa shape index (κ2) is 8.54. The van der Waals surface area contributed by atoms with Crippen LogP contribution in [0.2, 0.25) is 0 Å². The highest BCUT2D eigenvalue weighted by Gasteiger charge is 2.15. The maximum atomic E-state index is 11.9. The van der Waals surface area contributed by atoms with Crippen LogP contribution in [0.1, 0.15) is 47.5 Å². The van der Waals surface area contributed by atoms with Crippen LogP contribution in [0.25, 0.3) is 0 Å². The topological polar surface area (TPSA) is 44.4 Å². The minimum Gasteiger partial charge on any atom is -0.352 e. The average molecular weight is 271 g/mol. The van der Waals surface area contributed by atoms with Crippen molar-refractivity contribution in [3.8, 4) is 0 Å². The van der Waals surface area contributed by atoms with Crippen molar-refractivity contribution in [2.45, 2.75) is 59.0 Å². The van der Waals surface area contributed by atoms with Crippen LogP contribution in [0.3, 0.4) is 0 Å². The van der Waals surface area contributed by atoms with Crippen molar-refractivity contribution in [1.29, 1.82) is 0 Å². The maximum Gasteiger partial charge on any atom is 0.221 e. The third-order valence-electron chi connectivity index (χ3n) is 2.71. The van der Waals surface area contributed by atoms with Crippen molar-refractivity contribution < 1.29 is 4.79 Å². The summed E-state index contributed by atoms with van der Waals surface area (Å²) >= 11 is 0. The predicted octanol–water partition coefficient (Wildman–Crippen LogP) is 1.86. The van der Waals surface area contributed by atoms with E-state index in [1.165, 1.54) is 0 Å². The Kier molecular flexibility index (Phi) is 8.26. The molecule has 4 heteroatoms. The Morgan fingerprint density at radius 3 is 2.21 bits per heavy atom. The summed E-state index contributed by atoms with van der Waals surface area (Å²) in [5.41, 5.74) is 0.0707. The zero-order valence-corrected chi connectivity index (χ0v) is 13.8. The fourth-order valence-electron chi connectivity index (χ4n) is 2.04. The highest BCUT2D eigenvalue weighted by molar-refractivity contribution is 5.76. The Balaban J connectivity index is 4.08. The first kappa shape index (κ1) is 18.4. The molecule has 0 radical (unpaired) electrons. The molecule has 1 atom stereocenters. The summed E-state index contributed by atoms with van der Waals surface area (Å²) in [6.07, 6.45) is 1.57. The standard InChI is InChI=1S/C15H33N3O/c1-12(2)10-13(11-18(6)7)17-14(19)8-9-16-15(3,4)5/h12-13,16H,8-11H2,1-7H3,(H,17,19). The molecule has 1 unspecified atom stereocenters. The third-order valence-corrected chi connectivity index (χ3v) is 2.71. The summed E-state index contributed by atoms with van der Waals surface area (Å²) in [7, 11) is 4.08. The second-order valence-corrected chi connectivity index (χ2v) is 7.08. The van der Waals surface area contributed by atoms with E-state index in [-0.39, 0.29) is 17.5 Å². The lowest BCUT2D eigenvalue weighted by molar-refractivity contribution is -0.121. The SMILES string of the molecule is CC(C)CC(CN(C)C)NC(=O)CCNC(C)(C)C. The summed E-state index contributed by atoms with van der Waals surface area (Å²) in [5, 5.41) is 6.48. The van der Waals surface area contributed by atoms with Crippen LogP contribution in [0, 0.1) is 5.92 Å². The molecule has 0 rings (SSSR count). The minimum atomic E-state index is 0.0707. The monoisotopic (exact) mass is 271 g/mol. The van der Waals surface area contributed by atoms with Crippen LogP contribution < -0.4 is 10.6 Å². The Hall–Kier alpha value is -0.610. The molecule has 0 aliphatic carbocycles. The van der Waals surface area contributed by atoms with Gasteiger partial charge in [0.05, 0.1) is 0 Å². The van der Waals surface area contributed by atoms with Gasteiger partial charge in [0.15, 0.2) is 0 Å². The predicted molar refractivity (Wildman–Crippen MR) is 82.3 cm³/mol. The van der Waals surface area contributed by atoms with Crippen LogP contribution in [0.15, 0.2) is 0 Å². The van der Waals surface area contributed by atoms with E-state index in [4.69, 9.17) is 0 Å². The van der Waals surface area contributed by atoms with Gasteiger partial charge in [0.25, 0.3) is 0 Å². The maximum absolute atomic E-state index is 11.9. The highest BCUT2D eigenvalue weighted by Crippen LogP contribution is 2.06. The molecule has 0 saturated carbocycles. The number of carbonyl (C=O) groups excluding carboxylic acids is 1. The second-order valence-electron chi connectivity index (χ2n) is 7.08. The van der Waals surface area contributed by atoms with Crippen LogP contribution in [0.5, 0.6) is 0 Å². The molecule has 0 fully saturated rings. The van der Waals surface area contributed by atoms with E-state index in [9.17, 15) is 4.79 Å². The van der Waals surface area contributed by atoms with Gasteiger partial charge in [-0.05, 0) is 47.2 Å². The molecule has 19 heavy (non-hydrogen) atoms. The first-order valence-electron chi connectivity index (χ1n) is 7.29. The summed E-state index contributed by atoms with van der Waals surface area (Å²) < 4.78 is 0. The summed E-state index contributed by atoms with van der Waals surface area (Å²) in [6.45, 7) is 12.3. The normalized spacial score (nSPS) is 13.9. The molecule has 0 spiro atoms. The van der Waals surface area contributed by atoms with Gasteiger partial charge in [0.2, 0.25) is 5.91 Å². The van der Waals surface area contributed by atoms with Gasteiger partial charge in [-0.15, -0.1) is 0 Å². The number of nitrogens with zero attached hydrogens (tertiary/aromatic N) is 1. The highest BCUT2D eigenvalue weighted by atomic mass is 16.1. The van der Waals surface area contributed by atoms with Crippen LogP contribution in [-0.4, -0.2) is 49.6 Å². The van der Waals surface area contributed by atoms with E-state index in [2.05, 4.69) is 50.2 Å². The molecule has 0 bridgehead atoms. The van der Waals surface area contributed by atoms with E-state index in [0.717, 1.165) is 19.5 Å². The Bertz CT molecular complexity index is 247.